The van der Waals surface area contributed by atoms with Gasteiger partial charge in [-0.1, -0.05) is 12.1 Å². The predicted molar refractivity (Wildman–Crippen MR) is 56.7 cm³/mol. The van der Waals surface area contributed by atoms with Gasteiger partial charge in [-0.3, -0.25) is 0 Å². The first-order valence-corrected chi connectivity index (χ1v) is 4.51. The number of hydrogen-bond acceptors (Lipinski definition) is 3. The fourth-order valence-corrected chi connectivity index (χ4v) is 1.36. The Balaban J connectivity index is 2.52. The molecule has 0 N–H and O–H groups in total. The van der Waals surface area contributed by atoms with Crippen LogP contribution in [0.2, 0.25) is 0 Å². The molecule has 76 valence electrons. The summed E-state index contributed by atoms with van der Waals surface area (Å²) in [4.78, 5) is 4.05. The Labute approximate surface area is 87.1 Å². The molecule has 0 spiro atoms. The van der Waals surface area contributed by atoms with E-state index in [-0.39, 0.29) is 0 Å². The lowest BCUT2D eigenvalue weighted by Crippen LogP contribution is -1.99. The van der Waals surface area contributed by atoms with Crippen LogP contribution in [0.15, 0.2) is 41.1 Å². The van der Waals surface area contributed by atoms with Gasteiger partial charge >= 0.3 is 0 Å². The van der Waals surface area contributed by atoms with Crippen LogP contribution in [-0.4, -0.2) is 23.0 Å². The maximum Gasteiger partial charge on any atom is 0.226 e. The third-order valence-corrected chi connectivity index (χ3v) is 1.94. The second-order valence-electron chi connectivity index (χ2n) is 3.10. The number of aromatic nitrogens is 1. The molecule has 0 aliphatic heterocycles. The number of nitrogens with zero attached hydrogens (tertiary/aromatic N) is 2. The maximum atomic E-state index is 10.9. The number of hydrogen-bond donors (Lipinski definition) is 0. The highest BCUT2D eigenvalue weighted by Crippen LogP contribution is 2.20. The first-order chi connectivity index (χ1) is 7.27. The fourth-order valence-electron chi connectivity index (χ4n) is 1.36. The van der Waals surface area contributed by atoms with Crippen LogP contribution >= 0.6 is 0 Å². The van der Waals surface area contributed by atoms with Crippen molar-refractivity contribution < 1.29 is 9.16 Å². The standard InChI is InChI=1S/C11H10N2O2/c1-13(14)8-9-4-2-3-5-10(9)11-12-6-7-15-11/h2-8H,1H3. The first-order valence-electron chi connectivity index (χ1n) is 4.51. The zero-order valence-corrected chi connectivity index (χ0v) is 8.25. The Bertz CT molecular complexity index is 471. The lowest BCUT2D eigenvalue weighted by atomic mass is 10.1. The van der Waals surface area contributed by atoms with Crippen molar-refractivity contribution in [3.63, 3.8) is 0 Å². The minimum atomic E-state index is 0.517. The third-order valence-electron chi connectivity index (χ3n) is 1.94. The summed E-state index contributed by atoms with van der Waals surface area (Å²) in [7, 11) is 1.44. The van der Waals surface area contributed by atoms with Gasteiger partial charge in [0.15, 0.2) is 6.21 Å². The molecule has 15 heavy (non-hydrogen) atoms. The molecule has 0 radical (unpaired) electrons. The van der Waals surface area contributed by atoms with E-state index in [0.717, 1.165) is 15.9 Å². The molecule has 1 heterocycles. The summed E-state index contributed by atoms with van der Waals surface area (Å²) < 4.78 is 5.94. The van der Waals surface area contributed by atoms with Crippen LogP contribution < -0.4 is 0 Å². The minimum Gasteiger partial charge on any atom is -0.624 e. The van der Waals surface area contributed by atoms with Gasteiger partial charge in [-0.15, -0.1) is 0 Å². The number of rotatable bonds is 2. The summed E-state index contributed by atoms with van der Waals surface area (Å²) in [5.74, 6) is 0.517. The highest BCUT2D eigenvalue weighted by molar-refractivity contribution is 5.85. The molecule has 1 aromatic heterocycles. The molecular weight excluding hydrogens is 192 g/mol. The van der Waals surface area contributed by atoms with E-state index in [1.807, 2.05) is 24.3 Å². The Morgan fingerprint density at radius 1 is 1.40 bits per heavy atom. The lowest BCUT2D eigenvalue weighted by molar-refractivity contribution is -0.416. The normalized spacial score (nSPS) is 11.7. The van der Waals surface area contributed by atoms with Gasteiger partial charge in [0.1, 0.15) is 13.3 Å². The Morgan fingerprint density at radius 2 is 2.20 bits per heavy atom. The molecule has 0 unspecified atom stereocenters. The molecule has 2 aromatic rings. The van der Waals surface area contributed by atoms with E-state index in [1.54, 1.807) is 6.20 Å². The van der Waals surface area contributed by atoms with E-state index in [4.69, 9.17) is 4.42 Å². The Morgan fingerprint density at radius 3 is 2.87 bits per heavy atom. The Hall–Kier alpha value is -2.10. The number of oxazole rings is 1. The molecule has 0 fully saturated rings. The monoisotopic (exact) mass is 202 g/mol. The number of hydroxylamine groups is 1. The molecular formula is C11H10N2O2. The second-order valence-corrected chi connectivity index (χ2v) is 3.10. The molecule has 4 heteroatoms. The molecule has 0 aliphatic rings. The fraction of sp³-hybridized carbons (Fsp3) is 0.0909. The molecule has 0 atom stereocenters. The highest BCUT2D eigenvalue weighted by atomic mass is 16.5. The summed E-state index contributed by atoms with van der Waals surface area (Å²) in [5, 5.41) is 10.9. The molecule has 1 aromatic carbocycles. The van der Waals surface area contributed by atoms with Crippen molar-refractivity contribution >= 4 is 6.21 Å². The maximum absolute atomic E-state index is 10.9. The van der Waals surface area contributed by atoms with Crippen LogP contribution in [0.3, 0.4) is 0 Å². The van der Waals surface area contributed by atoms with Gasteiger partial charge in [-0.05, 0) is 12.1 Å². The molecule has 4 nitrogen and oxygen atoms in total. The van der Waals surface area contributed by atoms with Crippen LogP contribution in [0.1, 0.15) is 5.56 Å². The van der Waals surface area contributed by atoms with Crippen molar-refractivity contribution in [1.82, 2.24) is 4.98 Å². The van der Waals surface area contributed by atoms with Gasteiger partial charge in [0.25, 0.3) is 0 Å². The van der Waals surface area contributed by atoms with Crippen molar-refractivity contribution in [2.45, 2.75) is 0 Å². The van der Waals surface area contributed by atoms with E-state index in [2.05, 4.69) is 4.98 Å². The highest BCUT2D eigenvalue weighted by Gasteiger charge is 2.08. The summed E-state index contributed by atoms with van der Waals surface area (Å²) in [6.07, 6.45) is 4.57. The van der Waals surface area contributed by atoms with Crippen LogP contribution in [0.5, 0.6) is 0 Å². The van der Waals surface area contributed by atoms with Gasteiger partial charge in [0.05, 0.1) is 17.3 Å². The van der Waals surface area contributed by atoms with Gasteiger partial charge < -0.3 is 9.62 Å². The quantitative estimate of drug-likeness (QED) is 0.323. The van der Waals surface area contributed by atoms with Gasteiger partial charge in [0.2, 0.25) is 5.89 Å². The molecule has 0 saturated carbocycles. The average molecular weight is 202 g/mol. The topological polar surface area (TPSA) is 52.1 Å². The van der Waals surface area contributed by atoms with Crippen molar-refractivity contribution in [3.8, 4) is 11.5 Å². The van der Waals surface area contributed by atoms with Gasteiger partial charge in [0, 0.05) is 0 Å². The van der Waals surface area contributed by atoms with Crippen LogP contribution in [0.25, 0.3) is 11.5 Å². The number of benzene rings is 1. The molecule has 0 bridgehead atoms. The van der Waals surface area contributed by atoms with Crippen LogP contribution in [-0.2, 0) is 0 Å². The van der Waals surface area contributed by atoms with Gasteiger partial charge in [-0.2, -0.15) is 0 Å². The smallest absolute Gasteiger partial charge is 0.226 e. The largest absolute Gasteiger partial charge is 0.624 e. The van der Waals surface area contributed by atoms with Crippen LogP contribution in [0.4, 0.5) is 0 Å². The zero-order valence-electron chi connectivity index (χ0n) is 8.25. The first kappa shape index (κ1) is 9.45. The summed E-state index contributed by atoms with van der Waals surface area (Å²) >= 11 is 0. The lowest BCUT2D eigenvalue weighted by Gasteiger charge is -2.00. The summed E-state index contributed by atoms with van der Waals surface area (Å²) in [6, 6.07) is 7.44. The van der Waals surface area contributed by atoms with E-state index < -0.39 is 0 Å². The molecule has 0 saturated heterocycles. The zero-order chi connectivity index (χ0) is 10.7. The van der Waals surface area contributed by atoms with E-state index in [1.165, 1.54) is 19.5 Å². The van der Waals surface area contributed by atoms with Crippen LogP contribution in [0, 0.1) is 5.21 Å². The summed E-state index contributed by atoms with van der Waals surface area (Å²) in [6.45, 7) is 0. The van der Waals surface area contributed by atoms with Crippen molar-refractivity contribution in [1.29, 1.82) is 0 Å². The SMILES string of the molecule is C[N+]([O-])=Cc1ccccc1-c1ncco1. The van der Waals surface area contributed by atoms with E-state index >= 15 is 0 Å². The predicted octanol–water partition coefficient (Wildman–Crippen LogP) is 1.90. The van der Waals surface area contributed by atoms with E-state index in [9.17, 15) is 5.21 Å². The van der Waals surface area contributed by atoms with E-state index in [0.29, 0.717) is 5.89 Å². The Kier molecular flexibility index (Phi) is 2.49. The molecule has 2 rings (SSSR count). The second kappa shape index (κ2) is 3.96. The third kappa shape index (κ3) is 2.04. The molecule has 0 aliphatic carbocycles. The summed E-state index contributed by atoms with van der Waals surface area (Å²) in [5.41, 5.74) is 1.60. The molecule has 0 amide bonds. The van der Waals surface area contributed by atoms with Gasteiger partial charge in [-0.25, -0.2) is 9.72 Å². The minimum absolute atomic E-state index is 0.517. The van der Waals surface area contributed by atoms with Crippen molar-refractivity contribution in [2.75, 3.05) is 7.05 Å². The van der Waals surface area contributed by atoms with Crippen molar-refractivity contribution in [2.24, 2.45) is 0 Å². The van der Waals surface area contributed by atoms with Crippen molar-refractivity contribution in [3.05, 3.63) is 47.5 Å². The average Bonchev–Trinajstić information content (AvgIpc) is 2.70.